The van der Waals surface area contributed by atoms with Crippen LogP contribution in [0.25, 0.3) is 0 Å². The van der Waals surface area contributed by atoms with Gasteiger partial charge in [0.1, 0.15) is 0 Å². The molecule has 0 radical (unpaired) electrons. The molecule has 1 unspecified atom stereocenters. The first kappa shape index (κ1) is 13.9. The SMILES string of the molecule is CCNCC1(CCC(C)(C)OC)CCOC1. The van der Waals surface area contributed by atoms with E-state index < -0.39 is 0 Å². The lowest BCUT2D eigenvalue weighted by Crippen LogP contribution is -2.37. The molecule has 1 aliphatic heterocycles. The zero-order valence-corrected chi connectivity index (χ0v) is 11.3. The molecule has 1 fully saturated rings. The molecule has 16 heavy (non-hydrogen) atoms. The summed E-state index contributed by atoms with van der Waals surface area (Å²) in [6.07, 6.45) is 3.46. The summed E-state index contributed by atoms with van der Waals surface area (Å²) in [5.41, 5.74) is 0.327. The second kappa shape index (κ2) is 5.99. The summed E-state index contributed by atoms with van der Waals surface area (Å²) in [6, 6.07) is 0. The number of hydrogen-bond donors (Lipinski definition) is 1. The summed E-state index contributed by atoms with van der Waals surface area (Å²) in [6.45, 7) is 10.4. The summed E-state index contributed by atoms with van der Waals surface area (Å²) in [4.78, 5) is 0. The third kappa shape index (κ3) is 4.04. The zero-order valence-electron chi connectivity index (χ0n) is 11.3. The third-order valence-electron chi connectivity index (χ3n) is 3.74. The van der Waals surface area contributed by atoms with Crippen molar-refractivity contribution < 1.29 is 9.47 Å². The van der Waals surface area contributed by atoms with Crippen LogP contribution in [0.1, 0.15) is 40.0 Å². The number of rotatable bonds is 7. The van der Waals surface area contributed by atoms with Crippen molar-refractivity contribution in [2.75, 3.05) is 33.4 Å². The van der Waals surface area contributed by atoms with E-state index in [1.54, 1.807) is 7.11 Å². The molecule has 0 aromatic rings. The Morgan fingerprint density at radius 3 is 2.69 bits per heavy atom. The van der Waals surface area contributed by atoms with E-state index in [0.717, 1.165) is 32.7 Å². The van der Waals surface area contributed by atoms with Gasteiger partial charge in [-0.25, -0.2) is 0 Å². The standard InChI is InChI=1S/C13H27NO2/c1-5-14-10-13(8-9-16-11-13)7-6-12(2,3)15-4/h14H,5-11H2,1-4H3. The maximum absolute atomic E-state index is 5.58. The molecule has 0 saturated carbocycles. The highest BCUT2D eigenvalue weighted by Crippen LogP contribution is 2.35. The van der Waals surface area contributed by atoms with Crippen molar-refractivity contribution in [3.63, 3.8) is 0 Å². The zero-order chi connectivity index (χ0) is 12.1. The van der Waals surface area contributed by atoms with E-state index in [1.807, 2.05) is 0 Å². The van der Waals surface area contributed by atoms with Gasteiger partial charge < -0.3 is 14.8 Å². The minimum absolute atomic E-state index is 0.0121. The molecular weight excluding hydrogens is 202 g/mol. The molecule has 0 aromatic heterocycles. The van der Waals surface area contributed by atoms with Gasteiger partial charge in [-0.05, 0) is 39.7 Å². The van der Waals surface area contributed by atoms with Crippen LogP contribution in [0.5, 0.6) is 0 Å². The monoisotopic (exact) mass is 229 g/mol. The van der Waals surface area contributed by atoms with Gasteiger partial charge in [-0.1, -0.05) is 6.92 Å². The average Bonchev–Trinajstić information content (AvgIpc) is 2.74. The fraction of sp³-hybridized carbons (Fsp3) is 1.00. The Labute approximate surface area is 99.9 Å². The maximum Gasteiger partial charge on any atom is 0.0623 e. The van der Waals surface area contributed by atoms with Crippen molar-refractivity contribution in [1.29, 1.82) is 0 Å². The molecule has 0 spiro atoms. The molecule has 1 heterocycles. The van der Waals surface area contributed by atoms with Gasteiger partial charge in [0.15, 0.2) is 0 Å². The molecule has 3 heteroatoms. The van der Waals surface area contributed by atoms with Crippen LogP contribution in [0.15, 0.2) is 0 Å². The number of hydrogen-bond acceptors (Lipinski definition) is 3. The quantitative estimate of drug-likeness (QED) is 0.726. The van der Waals surface area contributed by atoms with E-state index in [1.165, 1.54) is 12.8 Å². The fourth-order valence-electron chi connectivity index (χ4n) is 2.13. The molecule has 0 aromatic carbocycles. The Kier molecular flexibility index (Phi) is 5.22. The second-order valence-electron chi connectivity index (χ2n) is 5.55. The first-order chi connectivity index (χ1) is 7.54. The van der Waals surface area contributed by atoms with Crippen LogP contribution in [-0.2, 0) is 9.47 Å². The van der Waals surface area contributed by atoms with Crippen LogP contribution in [0.3, 0.4) is 0 Å². The van der Waals surface area contributed by atoms with E-state index in [9.17, 15) is 0 Å². The fourth-order valence-corrected chi connectivity index (χ4v) is 2.13. The van der Waals surface area contributed by atoms with Crippen molar-refractivity contribution in [3.8, 4) is 0 Å². The normalized spacial score (nSPS) is 26.2. The van der Waals surface area contributed by atoms with Crippen molar-refractivity contribution >= 4 is 0 Å². The Bertz CT molecular complexity index is 198. The predicted molar refractivity (Wildman–Crippen MR) is 66.7 cm³/mol. The molecule has 1 atom stereocenters. The highest BCUT2D eigenvalue weighted by atomic mass is 16.5. The Morgan fingerprint density at radius 1 is 1.44 bits per heavy atom. The van der Waals surface area contributed by atoms with Gasteiger partial charge in [-0.2, -0.15) is 0 Å². The summed E-state index contributed by atoms with van der Waals surface area (Å²) >= 11 is 0. The van der Waals surface area contributed by atoms with Crippen molar-refractivity contribution in [2.45, 2.75) is 45.6 Å². The van der Waals surface area contributed by atoms with Crippen LogP contribution < -0.4 is 5.32 Å². The van der Waals surface area contributed by atoms with Crippen LogP contribution in [-0.4, -0.2) is 39.0 Å². The summed E-state index contributed by atoms with van der Waals surface area (Å²) in [7, 11) is 1.79. The van der Waals surface area contributed by atoms with Crippen molar-refractivity contribution in [2.24, 2.45) is 5.41 Å². The molecule has 1 N–H and O–H groups in total. The lowest BCUT2D eigenvalue weighted by atomic mass is 9.79. The highest BCUT2D eigenvalue weighted by Gasteiger charge is 2.35. The maximum atomic E-state index is 5.58. The average molecular weight is 229 g/mol. The number of methoxy groups -OCH3 is 1. The van der Waals surface area contributed by atoms with Crippen molar-refractivity contribution in [1.82, 2.24) is 5.32 Å². The molecule has 1 rings (SSSR count). The van der Waals surface area contributed by atoms with Gasteiger partial charge in [0.25, 0.3) is 0 Å². The predicted octanol–water partition coefficient (Wildman–Crippen LogP) is 2.21. The number of ether oxygens (including phenoxy) is 2. The van der Waals surface area contributed by atoms with E-state index in [2.05, 4.69) is 26.1 Å². The van der Waals surface area contributed by atoms with Gasteiger partial charge in [0.05, 0.1) is 12.2 Å². The minimum atomic E-state index is -0.0121. The smallest absolute Gasteiger partial charge is 0.0623 e. The topological polar surface area (TPSA) is 30.5 Å². The molecule has 0 amide bonds. The van der Waals surface area contributed by atoms with Gasteiger partial charge in [-0.15, -0.1) is 0 Å². The van der Waals surface area contributed by atoms with E-state index in [4.69, 9.17) is 9.47 Å². The van der Waals surface area contributed by atoms with Crippen LogP contribution in [0, 0.1) is 5.41 Å². The summed E-state index contributed by atoms with van der Waals surface area (Å²) < 4.78 is 11.1. The van der Waals surface area contributed by atoms with E-state index in [-0.39, 0.29) is 5.60 Å². The first-order valence-corrected chi connectivity index (χ1v) is 6.37. The molecule has 1 saturated heterocycles. The Balaban J connectivity index is 2.45. The van der Waals surface area contributed by atoms with E-state index >= 15 is 0 Å². The lowest BCUT2D eigenvalue weighted by Gasteiger charge is -2.32. The van der Waals surface area contributed by atoms with Gasteiger partial charge >= 0.3 is 0 Å². The largest absolute Gasteiger partial charge is 0.381 e. The van der Waals surface area contributed by atoms with Crippen molar-refractivity contribution in [3.05, 3.63) is 0 Å². The molecular formula is C13H27NO2. The van der Waals surface area contributed by atoms with E-state index in [0.29, 0.717) is 5.41 Å². The highest BCUT2D eigenvalue weighted by molar-refractivity contribution is 4.87. The number of nitrogens with one attached hydrogen (secondary N) is 1. The lowest BCUT2D eigenvalue weighted by molar-refractivity contribution is 0.00222. The van der Waals surface area contributed by atoms with Gasteiger partial charge in [0, 0.05) is 25.7 Å². The molecule has 1 aliphatic rings. The van der Waals surface area contributed by atoms with Crippen LogP contribution >= 0.6 is 0 Å². The Morgan fingerprint density at radius 2 is 2.19 bits per heavy atom. The van der Waals surface area contributed by atoms with Gasteiger partial charge in [-0.3, -0.25) is 0 Å². The third-order valence-corrected chi connectivity index (χ3v) is 3.74. The first-order valence-electron chi connectivity index (χ1n) is 6.37. The Hall–Kier alpha value is -0.120. The van der Waals surface area contributed by atoms with Crippen LogP contribution in [0.2, 0.25) is 0 Å². The summed E-state index contributed by atoms with van der Waals surface area (Å²) in [5, 5.41) is 3.46. The molecule has 0 aliphatic carbocycles. The van der Waals surface area contributed by atoms with Gasteiger partial charge in [0.2, 0.25) is 0 Å². The molecule has 3 nitrogen and oxygen atoms in total. The summed E-state index contributed by atoms with van der Waals surface area (Å²) in [5.74, 6) is 0. The molecule has 0 bridgehead atoms. The minimum Gasteiger partial charge on any atom is -0.381 e. The second-order valence-corrected chi connectivity index (χ2v) is 5.55. The van der Waals surface area contributed by atoms with Crippen LogP contribution in [0.4, 0.5) is 0 Å². The molecule has 96 valence electrons.